The van der Waals surface area contributed by atoms with Crippen LogP contribution in [-0.2, 0) is 0 Å². The zero-order chi connectivity index (χ0) is 6.69. The minimum Gasteiger partial charge on any atom is -0.441 e. The Morgan fingerprint density at radius 3 is 3.11 bits per heavy atom. The van der Waals surface area contributed by atoms with Crippen LogP contribution in [0.1, 0.15) is 5.76 Å². The van der Waals surface area contributed by atoms with E-state index in [0.29, 0.717) is 10.7 Å². The molecule has 1 aromatic heterocycles. The van der Waals surface area contributed by atoms with E-state index >= 15 is 0 Å². The van der Waals surface area contributed by atoms with Gasteiger partial charge in [0, 0.05) is 0 Å². The van der Waals surface area contributed by atoms with Crippen molar-refractivity contribution in [2.75, 3.05) is 0 Å². The van der Waals surface area contributed by atoms with Gasteiger partial charge in [-0.05, 0) is 0 Å². The summed E-state index contributed by atoms with van der Waals surface area (Å²) < 4.78 is 7.60. The third-order valence-electron chi connectivity index (χ3n) is 0.742. The quantitative estimate of drug-likeness (QED) is 0.465. The van der Waals surface area contributed by atoms with Crippen molar-refractivity contribution in [3.63, 3.8) is 0 Å². The van der Waals surface area contributed by atoms with Crippen molar-refractivity contribution in [1.82, 2.24) is 8.51 Å². The monoisotopic (exact) mass is 254 g/mol. The molecule has 0 saturated carbocycles. The molecule has 1 rings (SSSR count). The Balaban J connectivity index is 2.77. The Morgan fingerprint density at radius 1 is 1.89 bits per heavy atom. The summed E-state index contributed by atoms with van der Waals surface area (Å²) in [5, 5.41) is 0. The molecular formula is C4H3IN2OS. The molecule has 1 N–H and O–H groups in total. The number of oxazole rings is 1. The summed E-state index contributed by atoms with van der Waals surface area (Å²) in [5.41, 5.74) is 0. The van der Waals surface area contributed by atoms with E-state index in [2.05, 4.69) is 8.51 Å². The van der Waals surface area contributed by atoms with E-state index in [1.54, 1.807) is 6.20 Å². The molecule has 3 nitrogen and oxygen atoms in total. The molecule has 5 heteroatoms. The van der Waals surface area contributed by atoms with E-state index in [1.807, 2.05) is 22.9 Å². The van der Waals surface area contributed by atoms with Crippen LogP contribution in [-0.4, -0.2) is 9.97 Å². The van der Waals surface area contributed by atoms with Crippen molar-refractivity contribution in [2.45, 2.75) is 0 Å². The molecule has 0 bridgehead atoms. The lowest BCUT2D eigenvalue weighted by molar-refractivity contribution is 0.549. The average molecular weight is 254 g/mol. The fraction of sp³-hybridized carbons (Fsp3) is 0. The first-order chi connectivity index (χ1) is 4.34. The Kier molecular flexibility index (Phi) is 2.40. The zero-order valence-electron chi connectivity index (χ0n) is 4.30. The van der Waals surface area contributed by atoms with Crippen LogP contribution >= 0.6 is 35.1 Å². The number of hydrogen-bond acceptors (Lipinski definition) is 3. The fourth-order valence-electron chi connectivity index (χ4n) is 0.374. The van der Waals surface area contributed by atoms with Gasteiger partial charge in [0.25, 0.3) is 0 Å². The summed E-state index contributed by atoms with van der Waals surface area (Å²) in [6, 6.07) is 0. The predicted octanol–water partition coefficient (Wildman–Crippen LogP) is 1.29. The van der Waals surface area contributed by atoms with Gasteiger partial charge in [-0.3, -0.25) is 0 Å². The van der Waals surface area contributed by atoms with E-state index < -0.39 is 0 Å². The number of thiocarbonyl (C=S) groups is 1. The first-order valence-corrected chi connectivity index (χ1v) is 3.63. The van der Waals surface area contributed by atoms with E-state index in [-0.39, 0.29) is 0 Å². The van der Waals surface area contributed by atoms with Gasteiger partial charge in [-0.1, -0.05) is 12.2 Å². The fourth-order valence-corrected chi connectivity index (χ4v) is 0.741. The number of nitrogens with one attached hydrogen (secondary N) is 1. The molecule has 0 saturated heterocycles. The zero-order valence-corrected chi connectivity index (χ0v) is 7.27. The van der Waals surface area contributed by atoms with Gasteiger partial charge in [-0.15, -0.1) is 0 Å². The van der Waals surface area contributed by atoms with Gasteiger partial charge in [-0.25, -0.2) is 4.98 Å². The van der Waals surface area contributed by atoms with E-state index in [1.165, 1.54) is 6.39 Å². The number of nitrogens with zero attached hydrogens (tertiary/aromatic N) is 1. The summed E-state index contributed by atoms with van der Waals surface area (Å²) in [5.74, 6) is 0.597. The standard InChI is InChI=1S/C4H3IN2OS/c5-7-4(9)3-1-6-2-8-3/h1-2H,(H,7,9). The van der Waals surface area contributed by atoms with Crippen LogP contribution in [0, 0.1) is 0 Å². The van der Waals surface area contributed by atoms with Crippen molar-refractivity contribution < 1.29 is 4.42 Å². The van der Waals surface area contributed by atoms with E-state index in [9.17, 15) is 0 Å². The molecule has 0 spiro atoms. The molecule has 0 fully saturated rings. The van der Waals surface area contributed by atoms with Crippen LogP contribution in [0.25, 0.3) is 0 Å². The number of hydrogen-bond donors (Lipinski definition) is 1. The van der Waals surface area contributed by atoms with Gasteiger partial charge in [-0.2, -0.15) is 0 Å². The lowest BCUT2D eigenvalue weighted by Gasteiger charge is -1.91. The lowest BCUT2D eigenvalue weighted by Crippen LogP contribution is -2.08. The second kappa shape index (κ2) is 3.11. The van der Waals surface area contributed by atoms with Crippen molar-refractivity contribution in [1.29, 1.82) is 0 Å². The molecule has 1 aromatic rings. The Bertz CT molecular complexity index is 198. The maximum absolute atomic E-state index is 4.87. The molecule has 0 aliphatic heterocycles. The topological polar surface area (TPSA) is 38.1 Å². The molecule has 1 heterocycles. The molecule has 0 aromatic carbocycles. The summed E-state index contributed by atoms with van der Waals surface area (Å²) in [4.78, 5) is 4.26. The molecule has 48 valence electrons. The van der Waals surface area contributed by atoms with Crippen LogP contribution in [0.15, 0.2) is 17.0 Å². The number of aromatic nitrogens is 1. The third-order valence-corrected chi connectivity index (χ3v) is 1.95. The Labute approximate surface area is 71.3 Å². The normalized spacial score (nSPS) is 9.00. The van der Waals surface area contributed by atoms with Gasteiger partial charge in [0.1, 0.15) is 0 Å². The van der Waals surface area contributed by atoms with Crippen LogP contribution in [0.4, 0.5) is 0 Å². The molecule has 0 radical (unpaired) electrons. The maximum Gasteiger partial charge on any atom is 0.182 e. The largest absolute Gasteiger partial charge is 0.441 e. The van der Waals surface area contributed by atoms with Gasteiger partial charge in [0.2, 0.25) is 0 Å². The van der Waals surface area contributed by atoms with Gasteiger partial charge < -0.3 is 7.95 Å². The van der Waals surface area contributed by atoms with Crippen molar-refractivity contribution in [2.24, 2.45) is 0 Å². The van der Waals surface area contributed by atoms with Gasteiger partial charge >= 0.3 is 0 Å². The highest BCUT2D eigenvalue weighted by Gasteiger charge is 1.99. The third kappa shape index (κ3) is 1.62. The second-order valence-corrected chi connectivity index (χ2v) is 2.24. The highest BCUT2D eigenvalue weighted by atomic mass is 127. The lowest BCUT2D eigenvalue weighted by atomic mass is 10.5. The summed E-state index contributed by atoms with van der Waals surface area (Å²) in [6.07, 6.45) is 2.91. The minimum absolute atomic E-state index is 0.563. The van der Waals surface area contributed by atoms with Gasteiger partial charge in [0.05, 0.1) is 29.1 Å². The van der Waals surface area contributed by atoms with E-state index in [4.69, 9.17) is 16.6 Å². The SMILES string of the molecule is S=C(NI)c1cnco1. The van der Waals surface area contributed by atoms with Crippen LogP contribution in [0.3, 0.4) is 0 Å². The predicted molar refractivity (Wildman–Crippen MR) is 45.4 cm³/mol. The maximum atomic E-state index is 4.87. The van der Waals surface area contributed by atoms with Crippen LogP contribution < -0.4 is 3.53 Å². The molecule has 0 atom stereocenters. The highest BCUT2D eigenvalue weighted by Crippen LogP contribution is 1.97. The molecule has 0 aliphatic carbocycles. The van der Waals surface area contributed by atoms with Crippen molar-refractivity contribution >= 4 is 40.1 Å². The summed E-state index contributed by atoms with van der Waals surface area (Å²) in [7, 11) is 0. The number of rotatable bonds is 1. The first kappa shape index (κ1) is 6.94. The number of halogens is 1. The molecule has 0 unspecified atom stereocenters. The Morgan fingerprint density at radius 2 is 2.67 bits per heavy atom. The molecule has 0 aliphatic rings. The molecule has 9 heavy (non-hydrogen) atoms. The van der Waals surface area contributed by atoms with Crippen LogP contribution in [0.5, 0.6) is 0 Å². The van der Waals surface area contributed by atoms with Crippen molar-refractivity contribution in [3.8, 4) is 0 Å². The molecular weight excluding hydrogens is 251 g/mol. The second-order valence-electron chi connectivity index (χ2n) is 1.29. The minimum atomic E-state index is 0.563. The smallest absolute Gasteiger partial charge is 0.182 e. The van der Waals surface area contributed by atoms with E-state index in [0.717, 1.165) is 0 Å². The highest BCUT2D eigenvalue weighted by molar-refractivity contribution is 14.1. The summed E-state index contributed by atoms with van der Waals surface area (Å²) >= 11 is 6.76. The first-order valence-electron chi connectivity index (χ1n) is 2.14. The van der Waals surface area contributed by atoms with Gasteiger partial charge in [0.15, 0.2) is 17.1 Å². The summed E-state index contributed by atoms with van der Waals surface area (Å²) in [6.45, 7) is 0. The Hall–Kier alpha value is -0.170. The van der Waals surface area contributed by atoms with Crippen LogP contribution in [0.2, 0.25) is 0 Å². The average Bonchev–Trinajstić information content (AvgIpc) is 2.37. The molecule has 0 amide bonds. The van der Waals surface area contributed by atoms with Crippen molar-refractivity contribution in [3.05, 3.63) is 18.4 Å².